The molecule has 2 amide bonds. The van der Waals surface area contributed by atoms with Crippen molar-refractivity contribution in [3.63, 3.8) is 0 Å². The highest BCUT2D eigenvalue weighted by molar-refractivity contribution is 5.91. The second kappa shape index (κ2) is 11.5. The summed E-state index contributed by atoms with van der Waals surface area (Å²) in [6.45, 7) is 0. The number of methoxy groups -OCH3 is 4. The minimum absolute atomic E-state index is 0.0617. The number of likely N-dealkylation sites (tertiary alicyclic amines) is 1. The molecule has 1 aliphatic heterocycles. The van der Waals surface area contributed by atoms with Gasteiger partial charge in [0.2, 0.25) is 17.6 Å². The fourth-order valence-corrected chi connectivity index (χ4v) is 5.39. The minimum Gasteiger partial charge on any atom is -0.497 e. The molecule has 0 radical (unpaired) electrons. The summed E-state index contributed by atoms with van der Waals surface area (Å²) >= 11 is 0. The zero-order chi connectivity index (χ0) is 25.7. The molecule has 1 saturated heterocycles. The zero-order valence-electron chi connectivity index (χ0n) is 21.5. The molecule has 0 bridgehead atoms. The Kier molecular flexibility index (Phi) is 8.23. The van der Waals surface area contributed by atoms with Gasteiger partial charge in [-0.2, -0.15) is 0 Å². The van der Waals surface area contributed by atoms with Crippen molar-refractivity contribution in [1.82, 2.24) is 10.2 Å². The number of benzene rings is 2. The summed E-state index contributed by atoms with van der Waals surface area (Å²) in [6, 6.07) is 10.3. The van der Waals surface area contributed by atoms with Crippen LogP contribution in [-0.4, -0.2) is 57.2 Å². The van der Waals surface area contributed by atoms with Crippen molar-refractivity contribution in [2.24, 2.45) is 0 Å². The van der Waals surface area contributed by atoms with Crippen LogP contribution in [0.2, 0.25) is 0 Å². The van der Waals surface area contributed by atoms with E-state index in [1.807, 2.05) is 36.4 Å². The molecule has 2 aliphatic rings. The molecule has 4 rings (SSSR count). The molecule has 1 aliphatic carbocycles. The fourth-order valence-electron chi connectivity index (χ4n) is 5.39. The Morgan fingerprint density at radius 2 is 1.50 bits per heavy atom. The van der Waals surface area contributed by atoms with Gasteiger partial charge < -0.3 is 29.2 Å². The number of rotatable bonds is 9. The standard InChI is InChI=1S/C28H36N2O6/c1-33-21-12-10-18(11-13-21)26(19-16-23(34-2)27(36-4)24(17-19)35-3)30-22(14-15-25(30)31)28(32)29-20-8-6-5-7-9-20/h10-13,16-17,20,22,26H,5-9,14-15H2,1-4H3,(H,29,32). The molecule has 0 spiro atoms. The van der Waals surface area contributed by atoms with Crippen molar-refractivity contribution in [2.75, 3.05) is 28.4 Å². The van der Waals surface area contributed by atoms with E-state index in [0.29, 0.717) is 35.8 Å². The molecule has 0 aromatic heterocycles. The molecule has 1 heterocycles. The number of carbonyl (C=O) groups is 2. The van der Waals surface area contributed by atoms with E-state index < -0.39 is 12.1 Å². The average Bonchev–Trinajstić information content (AvgIpc) is 3.30. The Bertz CT molecular complexity index is 1040. The normalized spacial score (nSPS) is 19.1. The first-order valence-electron chi connectivity index (χ1n) is 12.6. The SMILES string of the molecule is COc1ccc(C(c2cc(OC)c(OC)c(OC)c2)N2C(=O)CCC2C(=O)NC2CCCCC2)cc1. The Morgan fingerprint density at radius 1 is 0.861 bits per heavy atom. The van der Waals surface area contributed by atoms with E-state index in [4.69, 9.17) is 18.9 Å². The van der Waals surface area contributed by atoms with E-state index >= 15 is 0 Å². The van der Waals surface area contributed by atoms with Crippen molar-refractivity contribution in [3.05, 3.63) is 47.5 Å². The van der Waals surface area contributed by atoms with E-state index in [2.05, 4.69) is 5.32 Å². The molecule has 36 heavy (non-hydrogen) atoms. The molecule has 194 valence electrons. The number of hydrogen-bond donors (Lipinski definition) is 1. The maximum atomic E-state index is 13.5. The van der Waals surface area contributed by atoms with Gasteiger partial charge in [0.15, 0.2) is 11.5 Å². The van der Waals surface area contributed by atoms with E-state index in [0.717, 1.165) is 36.8 Å². The van der Waals surface area contributed by atoms with E-state index in [1.165, 1.54) is 6.42 Å². The number of carbonyl (C=O) groups excluding carboxylic acids is 2. The van der Waals surface area contributed by atoms with Crippen LogP contribution >= 0.6 is 0 Å². The van der Waals surface area contributed by atoms with Gasteiger partial charge in [0.1, 0.15) is 11.8 Å². The molecule has 2 aromatic rings. The van der Waals surface area contributed by atoms with Gasteiger partial charge in [-0.15, -0.1) is 0 Å². The molecular weight excluding hydrogens is 460 g/mol. The molecule has 1 saturated carbocycles. The maximum absolute atomic E-state index is 13.5. The average molecular weight is 497 g/mol. The number of ether oxygens (including phenoxy) is 4. The van der Waals surface area contributed by atoms with Crippen molar-refractivity contribution in [1.29, 1.82) is 0 Å². The second-order valence-electron chi connectivity index (χ2n) is 9.33. The summed E-state index contributed by atoms with van der Waals surface area (Å²) < 4.78 is 22.1. The van der Waals surface area contributed by atoms with Crippen LogP contribution in [-0.2, 0) is 9.59 Å². The predicted molar refractivity (Wildman–Crippen MR) is 136 cm³/mol. The monoisotopic (exact) mass is 496 g/mol. The molecule has 8 nitrogen and oxygen atoms in total. The summed E-state index contributed by atoms with van der Waals surface area (Å²) in [5.74, 6) is 2.01. The van der Waals surface area contributed by atoms with Crippen LogP contribution in [0.1, 0.15) is 62.1 Å². The highest BCUT2D eigenvalue weighted by atomic mass is 16.5. The fraction of sp³-hybridized carbons (Fsp3) is 0.500. The van der Waals surface area contributed by atoms with Gasteiger partial charge in [-0.1, -0.05) is 31.4 Å². The Hall–Kier alpha value is -3.42. The summed E-state index contributed by atoms with van der Waals surface area (Å²) in [7, 11) is 6.29. The summed E-state index contributed by atoms with van der Waals surface area (Å²) in [5, 5.41) is 3.23. The highest BCUT2D eigenvalue weighted by Crippen LogP contribution is 2.44. The molecular formula is C28H36N2O6. The number of amides is 2. The lowest BCUT2D eigenvalue weighted by Gasteiger charge is -2.35. The van der Waals surface area contributed by atoms with E-state index in [-0.39, 0.29) is 17.9 Å². The van der Waals surface area contributed by atoms with Crippen LogP contribution in [0, 0.1) is 0 Å². The smallest absolute Gasteiger partial charge is 0.243 e. The predicted octanol–water partition coefficient (Wildman–Crippen LogP) is 4.25. The Morgan fingerprint density at radius 3 is 2.06 bits per heavy atom. The van der Waals surface area contributed by atoms with Gasteiger partial charge >= 0.3 is 0 Å². The van der Waals surface area contributed by atoms with Crippen molar-refractivity contribution in [3.8, 4) is 23.0 Å². The molecule has 2 unspecified atom stereocenters. The van der Waals surface area contributed by atoms with Crippen LogP contribution < -0.4 is 24.3 Å². The van der Waals surface area contributed by atoms with E-state index in [9.17, 15) is 9.59 Å². The topological polar surface area (TPSA) is 86.3 Å². The lowest BCUT2D eigenvalue weighted by atomic mass is 9.94. The van der Waals surface area contributed by atoms with Gasteiger partial charge in [0, 0.05) is 12.5 Å². The van der Waals surface area contributed by atoms with Crippen LogP contribution in [0.3, 0.4) is 0 Å². The van der Waals surface area contributed by atoms with E-state index in [1.54, 1.807) is 33.3 Å². The Labute approximate surface area is 212 Å². The summed E-state index contributed by atoms with van der Waals surface area (Å²) in [6.07, 6.45) is 6.23. The molecule has 2 aromatic carbocycles. The van der Waals surface area contributed by atoms with Gasteiger partial charge in [0.05, 0.1) is 34.5 Å². The largest absolute Gasteiger partial charge is 0.497 e. The first-order valence-corrected chi connectivity index (χ1v) is 12.6. The first kappa shape index (κ1) is 25.7. The van der Waals surface area contributed by atoms with Gasteiger partial charge in [-0.05, 0) is 54.7 Å². The second-order valence-corrected chi connectivity index (χ2v) is 9.33. The molecule has 8 heteroatoms. The molecule has 2 atom stereocenters. The first-order chi connectivity index (χ1) is 17.5. The van der Waals surface area contributed by atoms with Crippen molar-refractivity contribution >= 4 is 11.8 Å². The van der Waals surface area contributed by atoms with Gasteiger partial charge in [-0.3, -0.25) is 9.59 Å². The molecule has 2 fully saturated rings. The molecule has 1 N–H and O–H groups in total. The summed E-state index contributed by atoms with van der Waals surface area (Å²) in [5.41, 5.74) is 1.62. The van der Waals surface area contributed by atoms with Crippen LogP contribution in [0.4, 0.5) is 0 Å². The number of hydrogen-bond acceptors (Lipinski definition) is 6. The van der Waals surface area contributed by atoms with Gasteiger partial charge in [0.25, 0.3) is 0 Å². The lowest BCUT2D eigenvalue weighted by molar-refractivity contribution is -0.137. The summed E-state index contributed by atoms with van der Waals surface area (Å²) in [4.78, 5) is 28.6. The van der Waals surface area contributed by atoms with Gasteiger partial charge in [-0.25, -0.2) is 0 Å². The quantitative estimate of drug-likeness (QED) is 0.559. The van der Waals surface area contributed by atoms with Crippen LogP contribution in [0.25, 0.3) is 0 Å². The zero-order valence-corrected chi connectivity index (χ0v) is 21.5. The van der Waals surface area contributed by atoms with Crippen molar-refractivity contribution in [2.45, 2.75) is 63.1 Å². The highest BCUT2D eigenvalue weighted by Gasteiger charge is 2.42. The van der Waals surface area contributed by atoms with Crippen molar-refractivity contribution < 1.29 is 28.5 Å². The minimum atomic E-state index is -0.564. The number of nitrogens with one attached hydrogen (secondary N) is 1. The third kappa shape index (κ3) is 5.22. The van der Waals surface area contributed by atoms with Crippen LogP contribution in [0.5, 0.6) is 23.0 Å². The third-order valence-electron chi connectivity index (χ3n) is 7.22. The third-order valence-corrected chi connectivity index (χ3v) is 7.22. The maximum Gasteiger partial charge on any atom is 0.243 e. The lowest BCUT2D eigenvalue weighted by Crippen LogP contribution is -2.49. The Balaban J connectivity index is 1.77. The van der Waals surface area contributed by atoms with Crippen LogP contribution in [0.15, 0.2) is 36.4 Å². The number of nitrogens with zero attached hydrogens (tertiary/aromatic N) is 1.